The molecule has 8 nitrogen and oxygen atoms in total. The summed E-state index contributed by atoms with van der Waals surface area (Å²) in [6, 6.07) is 0.278. The van der Waals surface area contributed by atoms with Gasteiger partial charge < -0.3 is 30.8 Å². The lowest BCUT2D eigenvalue weighted by molar-refractivity contribution is 0.0695. The number of ether oxygens (including phenoxy) is 1. The number of aromatic carboxylic acids is 1. The minimum absolute atomic E-state index is 0.0395. The standard InChI is InChI=1S/C22H29FN4O4/c1-21(2)10-27(8-5-12(21)25-3)17-15(23)14(22(24)6-7-22)13-16(19(17)31-4)26-9-11(18(13)28)20(29)30/h9,12,25H,5-8,10,24H2,1-4H3,(H,26,28)(H,29,30). The van der Waals surface area contributed by atoms with Crippen LogP contribution in [-0.2, 0) is 5.54 Å². The van der Waals surface area contributed by atoms with Gasteiger partial charge in [0.15, 0.2) is 11.6 Å². The molecule has 1 saturated carbocycles. The molecule has 1 aliphatic heterocycles. The van der Waals surface area contributed by atoms with Crippen LogP contribution in [0.2, 0.25) is 0 Å². The fraction of sp³-hybridized carbons (Fsp3) is 0.545. The van der Waals surface area contributed by atoms with Crippen LogP contribution in [0.25, 0.3) is 10.9 Å². The van der Waals surface area contributed by atoms with E-state index in [1.807, 2.05) is 11.9 Å². The van der Waals surface area contributed by atoms with Gasteiger partial charge in [-0.15, -0.1) is 0 Å². The molecule has 1 aromatic carbocycles. The second-order valence-electron chi connectivity index (χ2n) is 9.35. The third-order valence-corrected chi connectivity index (χ3v) is 6.82. The number of methoxy groups -OCH3 is 1. The monoisotopic (exact) mass is 432 g/mol. The molecule has 2 heterocycles. The fourth-order valence-corrected chi connectivity index (χ4v) is 4.97. The Morgan fingerprint density at radius 3 is 2.61 bits per heavy atom. The van der Waals surface area contributed by atoms with E-state index in [0.29, 0.717) is 25.9 Å². The fourth-order valence-electron chi connectivity index (χ4n) is 4.97. The highest BCUT2D eigenvalue weighted by molar-refractivity contribution is 5.99. The van der Waals surface area contributed by atoms with Crippen LogP contribution in [0, 0.1) is 11.2 Å². The zero-order chi connectivity index (χ0) is 22.7. The first-order valence-corrected chi connectivity index (χ1v) is 10.5. The molecule has 31 heavy (non-hydrogen) atoms. The number of hydrogen-bond acceptors (Lipinski definition) is 6. The number of carboxylic acids is 1. The summed E-state index contributed by atoms with van der Waals surface area (Å²) in [5, 5.41) is 12.7. The van der Waals surface area contributed by atoms with Gasteiger partial charge in [0, 0.05) is 36.4 Å². The van der Waals surface area contributed by atoms with E-state index in [1.165, 1.54) is 7.11 Å². The Kier molecular flexibility index (Phi) is 5.01. The average Bonchev–Trinajstić information content (AvgIpc) is 3.44. The summed E-state index contributed by atoms with van der Waals surface area (Å²) in [6.45, 7) is 5.42. The van der Waals surface area contributed by atoms with Crippen molar-refractivity contribution in [2.24, 2.45) is 11.1 Å². The van der Waals surface area contributed by atoms with Crippen molar-refractivity contribution in [3.05, 3.63) is 33.4 Å². The molecule has 2 fully saturated rings. The second-order valence-corrected chi connectivity index (χ2v) is 9.35. The first-order chi connectivity index (χ1) is 14.6. The average molecular weight is 432 g/mol. The molecule has 1 saturated heterocycles. The predicted molar refractivity (Wildman–Crippen MR) is 117 cm³/mol. The van der Waals surface area contributed by atoms with Crippen LogP contribution < -0.4 is 26.1 Å². The Labute approximate surface area is 179 Å². The third-order valence-electron chi connectivity index (χ3n) is 6.82. The Bertz CT molecular complexity index is 1120. The van der Waals surface area contributed by atoms with E-state index in [-0.39, 0.29) is 39.4 Å². The van der Waals surface area contributed by atoms with Gasteiger partial charge in [-0.25, -0.2) is 9.18 Å². The van der Waals surface area contributed by atoms with E-state index in [4.69, 9.17) is 10.5 Å². The van der Waals surface area contributed by atoms with Gasteiger partial charge in [0.1, 0.15) is 11.3 Å². The van der Waals surface area contributed by atoms with Crippen molar-refractivity contribution in [2.75, 3.05) is 32.1 Å². The van der Waals surface area contributed by atoms with E-state index in [1.54, 1.807) is 0 Å². The molecule has 0 radical (unpaired) electrons. The Morgan fingerprint density at radius 1 is 1.42 bits per heavy atom. The Balaban J connectivity index is 2.02. The van der Waals surface area contributed by atoms with Crippen LogP contribution in [0.4, 0.5) is 10.1 Å². The molecule has 0 spiro atoms. The van der Waals surface area contributed by atoms with E-state index in [9.17, 15) is 14.7 Å². The number of anilines is 1. The number of nitrogens with two attached hydrogens (primary N) is 1. The first-order valence-electron chi connectivity index (χ1n) is 10.5. The summed E-state index contributed by atoms with van der Waals surface area (Å²) >= 11 is 0. The van der Waals surface area contributed by atoms with Crippen LogP contribution in [-0.4, -0.2) is 49.3 Å². The number of nitrogens with one attached hydrogen (secondary N) is 2. The maximum Gasteiger partial charge on any atom is 0.341 e. The lowest BCUT2D eigenvalue weighted by Crippen LogP contribution is -2.54. The molecule has 9 heteroatoms. The molecule has 0 amide bonds. The first kappa shape index (κ1) is 21.6. The quantitative estimate of drug-likeness (QED) is 0.571. The smallest absolute Gasteiger partial charge is 0.341 e. The third kappa shape index (κ3) is 3.27. The number of halogens is 1. The largest absolute Gasteiger partial charge is 0.492 e. The molecule has 2 aromatic rings. The van der Waals surface area contributed by atoms with Gasteiger partial charge in [0.25, 0.3) is 0 Å². The molecule has 4 rings (SSSR count). The molecule has 1 unspecified atom stereocenters. The molecule has 1 atom stereocenters. The minimum atomic E-state index is -1.38. The number of benzene rings is 1. The highest BCUT2D eigenvalue weighted by Gasteiger charge is 2.47. The number of piperidine rings is 1. The summed E-state index contributed by atoms with van der Waals surface area (Å²) in [5.41, 5.74) is 4.68. The number of aromatic nitrogens is 1. The SMILES string of the molecule is CNC1CCN(c2c(F)c(C3(N)CC3)c3c(=O)c(C(=O)O)c[nH]c3c2OC)CC1(C)C. The van der Waals surface area contributed by atoms with Crippen molar-refractivity contribution >= 4 is 22.6 Å². The van der Waals surface area contributed by atoms with Crippen molar-refractivity contribution in [3.63, 3.8) is 0 Å². The van der Waals surface area contributed by atoms with Gasteiger partial charge in [-0.3, -0.25) is 4.79 Å². The number of aromatic amines is 1. The molecule has 2 aliphatic rings. The van der Waals surface area contributed by atoms with Crippen LogP contribution in [0.15, 0.2) is 11.0 Å². The Hall–Kier alpha value is -2.65. The van der Waals surface area contributed by atoms with Crippen molar-refractivity contribution < 1.29 is 19.0 Å². The van der Waals surface area contributed by atoms with Gasteiger partial charge in [-0.1, -0.05) is 13.8 Å². The van der Waals surface area contributed by atoms with Gasteiger partial charge in [-0.2, -0.15) is 0 Å². The van der Waals surface area contributed by atoms with E-state index < -0.39 is 28.3 Å². The topological polar surface area (TPSA) is 121 Å². The molecular weight excluding hydrogens is 403 g/mol. The van der Waals surface area contributed by atoms with Gasteiger partial charge in [-0.05, 0) is 31.7 Å². The maximum absolute atomic E-state index is 16.2. The molecule has 0 bridgehead atoms. The number of carbonyl (C=O) groups is 1. The van der Waals surface area contributed by atoms with Crippen LogP contribution >= 0.6 is 0 Å². The predicted octanol–water partition coefficient (Wildman–Crippen LogP) is 2.15. The number of fused-ring (bicyclic) bond motifs is 1. The van der Waals surface area contributed by atoms with Crippen LogP contribution in [0.3, 0.4) is 0 Å². The van der Waals surface area contributed by atoms with Crippen molar-refractivity contribution in [1.29, 1.82) is 0 Å². The number of hydrogen-bond donors (Lipinski definition) is 4. The number of carboxylic acid groups (broad SMARTS) is 1. The van der Waals surface area contributed by atoms with Gasteiger partial charge in [0.05, 0.1) is 18.0 Å². The molecular formula is C22H29FN4O4. The molecule has 1 aromatic heterocycles. The van der Waals surface area contributed by atoms with Crippen molar-refractivity contribution in [1.82, 2.24) is 10.3 Å². The molecule has 5 N–H and O–H groups in total. The zero-order valence-electron chi connectivity index (χ0n) is 18.3. The van der Waals surface area contributed by atoms with Crippen molar-refractivity contribution in [3.8, 4) is 5.75 Å². The van der Waals surface area contributed by atoms with Gasteiger partial charge in [0.2, 0.25) is 5.43 Å². The highest BCUT2D eigenvalue weighted by atomic mass is 19.1. The summed E-state index contributed by atoms with van der Waals surface area (Å²) in [6.07, 6.45) is 2.99. The minimum Gasteiger partial charge on any atom is -0.492 e. The normalized spacial score (nSPS) is 21.9. The molecule has 168 valence electrons. The summed E-state index contributed by atoms with van der Waals surface area (Å²) < 4.78 is 21.8. The van der Waals surface area contributed by atoms with E-state index in [0.717, 1.165) is 12.6 Å². The lowest BCUT2D eigenvalue weighted by atomic mass is 9.79. The van der Waals surface area contributed by atoms with Gasteiger partial charge >= 0.3 is 5.97 Å². The second kappa shape index (κ2) is 7.20. The maximum atomic E-state index is 16.2. The van der Waals surface area contributed by atoms with Crippen LogP contribution in [0.1, 0.15) is 49.0 Å². The van der Waals surface area contributed by atoms with Crippen LogP contribution in [0.5, 0.6) is 5.75 Å². The summed E-state index contributed by atoms with van der Waals surface area (Å²) in [4.78, 5) is 29.4. The van der Waals surface area contributed by atoms with E-state index >= 15 is 4.39 Å². The zero-order valence-corrected chi connectivity index (χ0v) is 18.3. The highest BCUT2D eigenvalue weighted by Crippen LogP contribution is 2.51. The summed E-state index contributed by atoms with van der Waals surface area (Å²) in [7, 11) is 3.34. The number of nitrogens with zero attached hydrogens (tertiary/aromatic N) is 1. The van der Waals surface area contributed by atoms with Crippen molar-refractivity contribution in [2.45, 2.75) is 44.7 Å². The van der Waals surface area contributed by atoms with E-state index in [2.05, 4.69) is 24.1 Å². The summed E-state index contributed by atoms with van der Waals surface area (Å²) in [5.74, 6) is -1.79. The number of pyridine rings is 1. The lowest BCUT2D eigenvalue weighted by Gasteiger charge is -2.45. The molecule has 1 aliphatic carbocycles. The Morgan fingerprint density at radius 2 is 2.10 bits per heavy atom. The number of rotatable bonds is 5. The number of H-pyrrole nitrogens is 1.